The molecule has 0 unspecified atom stereocenters. The van der Waals surface area contributed by atoms with Gasteiger partial charge in [0.25, 0.3) is 0 Å². The second kappa shape index (κ2) is 16.3. The van der Waals surface area contributed by atoms with Gasteiger partial charge in [0.15, 0.2) is 0 Å². The van der Waals surface area contributed by atoms with Gasteiger partial charge in [-0.25, -0.2) is 0 Å². The number of nitrogens with zero attached hydrogens (tertiary/aromatic N) is 1. The molecule has 1 aromatic heterocycles. The molecule has 0 saturated heterocycles. The summed E-state index contributed by atoms with van der Waals surface area (Å²) in [6, 6.07) is 90.2. The Bertz CT molecular complexity index is 3330. The van der Waals surface area contributed by atoms with Crippen molar-refractivity contribution in [1.29, 1.82) is 0 Å². The molecule has 0 fully saturated rings. The van der Waals surface area contributed by atoms with Crippen LogP contribution in [-0.4, -0.2) is 0 Å². The van der Waals surface area contributed by atoms with E-state index in [1.807, 2.05) is 11.3 Å². The van der Waals surface area contributed by atoms with Crippen LogP contribution in [0.4, 0.5) is 17.1 Å². The SMILES string of the molecule is c1ccc(-c2ccccc2-c2ccc(N(c3ccc(-c4cccc5c4sc4ccccc45)cc3)c3ccccc3-c3ccccc3-c3ccccc3-c3ccccc3)cc2)cc1. The number of anilines is 3. The Labute approximate surface area is 367 Å². The highest BCUT2D eigenvalue weighted by Gasteiger charge is 2.21. The largest absolute Gasteiger partial charge is 0.310 e. The highest BCUT2D eigenvalue weighted by Crippen LogP contribution is 2.47. The van der Waals surface area contributed by atoms with Crippen molar-refractivity contribution in [3.63, 3.8) is 0 Å². The Balaban J connectivity index is 1.06. The molecule has 10 aromatic carbocycles. The van der Waals surface area contributed by atoms with Crippen molar-refractivity contribution in [3.05, 3.63) is 249 Å². The van der Waals surface area contributed by atoms with E-state index in [0.29, 0.717) is 0 Å². The molecule has 0 N–H and O–H groups in total. The van der Waals surface area contributed by atoms with E-state index in [9.17, 15) is 0 Å². The van der Waals surface area contributed by atoms with Crippen LogP contribution in [0, 0.1) is 0 Å². The zero-order valence-corrected chi connectivity index (χ0v) is 34.8. The predicted molar refractivity (Wildman–Crippen MR) is 267 cm³/mol. The molecule has 0 aliphatic rings. The average Bonchev–Trinajstić information content (AvgIpc) is 3.74. The van der Waals surface area contributed by atoms with Crippen molar-refractivity contribution in [2.75, 3.05) is 4.90 Å². The second-order valence-electron chi connectivity index (χ2n) is 15.6. The van der Waals surface area contributed by atoms with Crippen LogP contribution in [0.2, 0.25) is 0 Å². The molecule has 0 saturated carbocycles. The van der Waals surface area contributed by atoms with Gasteiger partial charge in [0.1, 0.15) is 0 Å². The minimum Gasteiger partial charge on any atom is -0.310 e. The molecular weight excluding hydrogens is 767 g/mol. The van der Waals surface area contributed by atoms with E-state index in [1.165, 1.54) is 81.4 Å². The van der Waals surface area contributed by atoms with Gasteiger partial charge in [0, 0.05) is 37.1 Å². The maximum atomic E-state index is 2.42. The van der Waals surface area contributed by atoms with Crippen molar-refractivity contribution in [2.45, 2.75) is 0 Å². The van der Waals surface area contributed by atoms with Crippen molar-refractivity contribution >= 4 is 48.6 Å². The van der Waals surface area contributed by atoms with Gasteiger partial charge >= 0.3 is 0 Å². The summed E-state index contributed by atoms with van der Waals surface area (Å²) in [5, 5.41) is 2.62. The van der Waals surface area contributed by atoms with E-state index in [-0.39, 0.29) is 0 Å². The minimum atomic E-state index is 1.08. The zero-order valence-electron chi connectivity index (χ0n) is 34.0. The third-order valence-electron chi connectivity index (χ3n) is 12.0. The van der Waals surface area contributed by atoms with E-state index in [0.717, 1.165) is 22.6 Å². The summed E-state index contributed by atoms with van der Waals surface area (Å²) in [6.07, 6.45) is 0. The van der Waals surface area contributed by atoms with E-state index in [2.05, 4.69) is 254 Å². The lowest BCUT2D eigenvalue weighted by molar-refractivity contribution is 1.28. The standard InChI is InChI=1S/C60H41NS/c1-3-18-42(19-4-1)48-22-7-8-23-49(48)44-34-38-46(39-35-44)61(47-40-36-45(37-41-47)51-30-17-31-57-56-29-14-16-33-59(56)62-60(51)57)58-32-15-13-28-55(58)54-27-12-11-26-53(54)52-25-10-9-24-50(52)43-20-5-2-6-21-43/h1-41H. The Morgan fingerprint density at radius 2 is 0.613 bits per heavy atom. The lowest BCUT2D eigenvalue weighted by Crippen LogP contribution is -2.11. The monoisotopic (exact) mass is 807 g/mol. The molecule has 0 aliphatic heterocycles. The summed E-state index contributed by atoms with van der Waals surface area (Å²) in [5.74, 6) is 0. The number of thiophene rings is 1. The van der Waals surface area contributed by atoms with E-state index < -0.39 is 0 Å². The quantitative estimate of drug-likeness (QED) is 0.140. The molecule has 1 heterocycles. The molecule has 62 heavy (non-hydrogen) atoms. The fourth-order valence-electron chi connectivity index (χ4n) is 9.02. The molecule has 0 radical (unpaired) electrons. The van der Waals surface area contributed by atoms with Crippen molar-refractivity contribution in [3.8, 4) is 66.8 Å². The first-order valence-corrected chi connectivity index (χ1v) is 22.0. The average molecular weight is 808 g/mol. The van der Waals surface area contributed by atoms with Gasteiger partial charge in [-0.3, -0.25) is 0 Å². The number of fused-ring (bicyclic) bond motifs is 3. The topological polar surface area (TPSA) is 3.24 Å². The zero-order chi connectivity index (χ0) is 41.2. The summed E-state index contributed by atoms with van der Waals surface area (Å²) in [5.41, 5.74) is 17.7. The number of hydrogen-bond donors (Lipinski definition) is 0. The van der Waals surface area contributed by atoms with E-state index in [4.69, 9.17) is 0 Å². The molecule has 11 aromatic rings. The van der Waals surface area contributed by atoms with Crippen LogP contribution in [-0.2, 0) is 0 Å². The summed E-state index contributed by atoms with van der Waals surface area (Å²) in [4.78, 5) is 2.42. The molecule has 1 nitrogen and oxygen atoms in total. The number of rotatable bonds is 9. The predicted octanol–water partition coefficient (Wildman–Crippen LogP) is 17.5. The van der Waals surface area contributed by atoms with Gasteiger partial charge in [-0.1, -0.05) is 212 Å². The van der Waals surface area contributed by atoms with Gasteiger partial charge in [-0.05, 0) is 97.6 Å². The van der Waals surface area contributed by atoms with Crippen LogP contribution >= 0.6 is 11.3 Å². The Morgan fingerprint density at radius 1 is 0.242 bits per heavy atom. The fraction of sp³-hybridized carbons (Fsp3) is 0. The smallest absolute Gasteiger partial charge is 0.0540 e. The minimum absolute atomic E-state index is 1.08. The van der Waals surface area contributed by atoms with Gasteiger partial charge in [-0.2, -0.15) is 0 Å². The molecule has 0 atom stereocenters. The summed E-state index contributed by atoms with van der Waals surface area (Å²) < 4.78 is 2.64. The van der Waals surface area contributed by atoms with Crippen LogP contribution in [0.3, 0.4) is 0 Å². The van der Waals surface area contributed by atoms with E-state index >= 15 is 0 Å². The van der Waals surface area contributed by atoms with Crippen molar-refractivity contribution < 1.29 is 0 Å². The van der Waals surface area contributed by atoms with Crippen LogP contribution in [0.25, 0.3) is 86.9 Å². The van der Waals surface area contributed by atoms with Crippen molar-refractivity contribution in [2.24, 2.45) is 0 Å². The highest BCUT2D eigenvalue weighted by molar-refractivity contribution is 7.26. The van der Waals surface area contributed by atoms with Crippen LogP contribution < -0.4 is 4.90 Å². The summed E-state index contributed by atoms with van der Waals surface area (Å²) in [7, 11) is 0. The van der Waals surface area contributed by atoms with Crippen LogP contribution in [0.15, 0.2) is 249 Å². The molecule has 0 aliphatic carbocycles. The van der Waals surface area contributed by atoms with Crippen LogP contribution in [0.1, 0.15) is 0 Å². The highest BCUT2D eigenvalue weighted by atomic mass is 32.1. The Morgan fingerprint density at radius 3 is 1.19 bits per heavy atom. The molecule has 0 bridgehead atoms. The van der Waals surface area contributed by atoms with Gasteiger partial charge < -0.3 is 4.90 Å². The number of benzene rings is 10. The molecule has 292 valence electrons. The van der Waals surface area contributed by atoms with Gasteiger partial charge in [-0.15, -0.1) is 11.3 Å². The maximum Gasteiger partial charge on any atom is 0.0540 e. The third-order valence-corrected chi connectivity index (χ3v) is 13.2. The lowest BCUT2D eigenvalue weighted by Gasteiger charge is -2.29. The molecule has 11 rings (SSSR count). The first-order valence-electron chi connectivity index (χ1n) is 21.2. The van der Waals surface area contributed by atoms with Crippen molar-refractivity contribution in [1.82, 2.24) is 0 Å². The number of hydrogen-bond acceptors (Lipinski definition) is 2. The first kappa shape index (κ1) is 37.2. The lowest BCUT2D eigenvalue weighted by atomic mass is 9.88. The maximum absolute atomic E-state index is 2.42. The third kappa shape index (κ3) is 6.87. The molecule has 0 amide bonds. The fourth-order valence-corrected chi connectivity index (χ4v) is 10.3. The molecule has 0 spiro atoms. The number of para-hydroxylation sites is 1. The molecule has 2 heteroatoms. The van der Waals surface area contributed by atoms with Gasteiger partial charge in [0.05, 0.1) is 5.69 Å². The Kier molecular flexibility index (Phi) is 9.82. The van der Waals surface area contributed by atoms with Gasteiger partial charge in [0.2, 0.25) is 0 Å². The summed E-state index contributed by atoms with van der Waals surface area (Å²) >= 11 is 1.87. The van der Waals surface area contributed by atoms with E-state index in [1.54, 1.807) is 0 Å². The normalized spacial score (nSPS) is 11.2. The Hall–Kier alpha value is -7.78. The molecular formula is C60H41NS. The second-order valence-corrected chi connectivity index (χ2v) is 16.6. The summed E-state index contributed by atoms with van der Waals surface area (Å²) in [6.45, 7) is 0. The van der Waals surface area contributed by atoms with Crippen LogP contribution in [0.5, 0.6) is 0 Å². The first-order chi connectivity index (χ1) is 30.8.